The van der Waals surface area contributed by atoms with Crippen molar-refractivity contribution < 1.29 is 4.79 Å². The van der Waals surface area contributed by atoms with Gasteiger partial charge >= 0.3 is 0 Å². The van der Waals surface area contributed by atoms with Crippen LogP contribution in [0.1, 0.15) is 19.5 Å². The lowest BCUT2D eigenvalue weighted by molar-refractivity contribution is -0.121. The zero-order valence-corrected chi connectivity index (χ0v) is 10.2. The summed E-state index contributed by atoms with van der Waals surface area (Å²) in [6.45, 7) is 6.38. The zero-order valence-electron chi connectivity index (χ0n) is 10.2. The Morgan fingerprint density at radius 3 is 2.94 bits per heavy atom. The van der Waals surface area contributed by atoms with Gasteiger partial charge in [0.1, 0.15) is 6.54 Å². The highest BCUT2D eigenvalue weighted by molar-refractivity contribution is 5.75. The predicted octanol–water partition coefficient (Wildman–Crippen LogP) is 0.375. The monoisotopic (exact) mass is 224 g/mol. The molecule has 5 nitrogen and oxygen atoms in total. The molecule has 0 atom stereocenters. The summed E-state index contributed by atoms with van der Waals surface area (Å²) < 4.78 is 1.78. The molecule has 0 aliphatic carbocycles. The maximum atomic E-state index is 11.1. The number of rotatable bonds is 6. The third-order valence-electron chi connectivity index (χ3n) is 2.15. The Balaban J connectivity index is 2.36. The first kappa shape index (κ1) is 12.7. The minimum Gasteiger partial charge on any atom is -0.358 e. The molecule has 90 valence electrons. The summed E-state index contributed by atoms with van der Waals surface area (Å²) in [7, 11) is 1.63. The summed E-state index contributed by atoms with van der Waals surface area (Å²) in [5.74, 6) is 0.618. The van der Waals surface area contributed by atoms with Gasteiger partial charge in [0.25, 0.3) is 0 Å². The molecule has 1 rings (SSSR count). The normalized spacial score (nSPS) is 10.8. The first-order valence-electron chi connectivity index (χ1n) is 5.53. The smallest absolute Gasteiger partial charge is 0.239 e. The molecule has 2 N–H and O–H groups in total. The lowest BCUT2D eigenvalue weighted by Gasteiger charge is -2.04. The number of aromatic nitrogens is 2. The first-order valence-corrected chi connectivity index (χ1v) is 5.53. The second-order valence-corrected chi connectivity index (χ2v) is 4.24. The SMILES string of the molecule is CNC(=O)Cn1cnc(CNCC(C)C)c1. The van der Waals surface area contributed by atoms with Gasteiger partial charge in [0, 0.05) is 19.8 Å². The van der Waals surface area contributed by atoms with E-state index in [1.165, 1.54) is 0 Å². The highest BCUT2D eigenvalue weighted by Crippen LogP contribution is 1.96. The van der Waals surface area contributed by atoms with Crippen LogP contribution in [0.4, 0.5) is 0 Å². The Hall–Kier alpha value is -1.36. The molecule has 0 spiro atoms. The lowest BCUT2D eigenvalue weighted by atomic mass is 10.2. The molecule has 5 heteroatoms. The van der Waals surface area contributed by atoms with Gasteiger partial charge in [-0.2, -0.15) is 0 Å². The van der Waals surface area contributed by atoms with E-state index in [1.54, 1.807) is 17.9 Å². The molecule has 1 heterocycles. The zero-order chi connectivity index (χ0) is 12.0. The molecule has 0 saturated carbocycles. The Bertz CT molecular complexity index is 332. The van der Waals surface area contributed by atoms with E-state index in [0.29, 0.717) is 12.5 Å². The average molecular weight is 224 g/mol. The van der Waals surface area contributed by atoms with E-state index in [2.05, 4.69) is 29.5 Å². The Morgan fingerprint density at radius 1 is 1.56 bits per heavy atom. The van der Waals surface area contributed by atoms with Crippen LogP contribution in [0.25, 0.3) is 0 Å². The maximum absolute atomic E-state index is 11.1. The molecule has 0 aliphatic heterocycles. The number of hydrogen-bond donors (Lipinski definition) is 2. The number of hydrogen-bond acceptors (Lipinski definition) is 3. The van der Waals surface area contributed by atoms with Crippen LogP contribution in [-0.4, -0.2) is 29.1 Å². The van der Waals surface area contributed by atoms with Crippen LogP contribution in [0.5, 0.6) is 0 Å². The minimum absolute atomic E-state index is 0.0147. The summed E-state index contributed by atoms with van der Waals surface area (Å²) in [6.07, 6.45) is 3.57. The summed E-state index contributed by atoms with van der Waals surface area (Å²) in [6, 6.07) is 0. The number of carbonyl (C=O) groups excluding carboxylic acids is 1. The van der Waals surface area contributed by atoms with Crippen LogP contribution in [0, 0.1) is 5.92 Å². The van der Waals surface area contributed by atoms with Crippen LogP contribution in [0.3, 0.4) is 0 Å². The fraction of sp³-hybridized carbons (Fsp3) is 0.636. The van der Waals surface area contributed by atoms with E-state index in [0.717, 1.165) is 18.8 Å². The first-order chi connectivity index (χ1) is 7.61. The number of nitrogens with zero attached hydrogens (tertiary/aromatic N) is 2. The summed E-state index contributed by atoms with van der Waals surface area (Å²) in [4.78, 5) is 15.3. The van der Waals surface area contributed by atoms with Crippen molar-refractivity contribution in [3.05, 3.63) is 18.2 Å². The van der Waals surface area contributed by atoms with Crippen molar-refractivity contribution in [2.45, 2.75) is 26.9 Å². The van der Waals surface area contributed by atoms with E-state index in [9.17, 15) is 4.79 Å². The molecular formula is C11H20N4O. The molecule has 1 amide bonds. The molecular weight excluding hydrogens is 204 g/mol. The van der Waals surface area contributed by atoms with Crippen molar-refractivity contribution in [3.63, 3.8) is 0 Å². The number of carbonyl (C=O) groups is 1. The Labute approximate surface area is 96.3 Å². The topological polar surface area (TPSA) is 59.0 Å². The van der Waals surface area contributed by atoms with E-state index in [4.69, 9.17) is 0 Å². The third-order valence-corrected chi connectivity index (χ3v) is 2.15. The predicted molar refractivity (Wildman–Crippen MR) is 62.8 cm³/mol. The standard InChI is InChI=1S/C11H20N4O/c1-9(2)4-13-5-10-6-15(8-14-10)7-11(16)12-3/h6,8-9,13H,4-5,7H2,1-3H3,(H,12,16). The number of amides is 1. The number of nitrogens with one attached hydrogen (secondary N) is 2. The third kappa shape index (κ3) is 4.44. The van der Waals surface area contributed by atoms with Crippen LogP contribution in [-0.2, 0) is 17.9 Å². The lowest BCUT2D eigenvalue weighted by Crippen LogP contribution is -2.22. The largest absolute Gasteiger partial charge is 0.358 e. The quantitative estimate of drug-likeness (QED) is 0.734. The molecule has 0 aliphatic rings. The highest BCUT2D eigenvalue weighted by Gasteiger charge is 2.02. The Morgan fingerprint density at radius 2 is 2.31 bits per heavy atom. The maximum Gasteiger partial charge on any atom is 0.239 e. The van der Waals surface area contributed by atoms with Crippen LogP contribution >= 0.6 is 0 Å². The van der Waals surface area contributed by atoms with Crippen molar-refractivity contribution >= 4 is 5.91 Å². The number of imidazole rings is 1. The molecule has 0 aromatic carbocycles. The molecule has 0 bridgehead atoms. The van der Waals surface area contributed by atoms with Crippen LogP contribution in [0.2, 0.25) is 0 Å². The second-order valence-electron chi connectivity index (χ2n) is 4.24. The summed E-state index contributed by atoms with van der Waals surface area (Å²) >= 11 is 0. The van der Waals surface area contributed by atoms with Crippen molar-refractivity contribution in [2.75, 3.05) is 13.6 Å². The van der Waals surface area contributed by atoms with E-state index < -0.39 is 0 Å². The van der Waals surface area contributed by atoms with Gasteiger partial charge in [-0.25, -0.2) is 4.98 Å². The molecule has 16 heavy (non-hydrogen) atoms. The summed E-state index contributed by atoms with van der Waals surface area (Å²) in [5, 5.41) is 5.88. The van der Waals surface area contributed by atoms with Gasteiger partial charge in [-0.3, -0.25) is 4.79 Å². The Kier molecular flexibility index (Phi) is 4.98. The van der Waals surface area contributed by atoms with Crippen molar-refractivity contribution in [1.29, 1.82) is 0 Å². The van der Waals surface area contributed by atoms with E-state index >= 15 is 0 Å². The minimum atomic E-state index is -0.0147. The van der Waals surface area contributed by atoms with Gasteiger partial charge in [0.2, 0.25) is 5.91 Å². The fourth-order valence-electron chi connectivity index (χ4n) is 1.32. The van der Waals surface area contributed by atoms with E-state index in [1.807, 2.05) is 6.20 Å². The fourth-order valence-corrected chi connectivity index (χ4v) is 1.32. The van der Waals surface area contributed by atoms with Gasteiger partial charge in [-0.15, -0.1) is 0 Å². The van der Waals surface area contributed by atoms with Crippen LogP contribution in [0.15, 0.2) is 12.5 Å². The molecule has 1 aromatic rings. The van der Waals surface area contributed by atoms with Crippen molar-refractivity contribution in [2.24, 2.45) is 5.92 Å². The molecule has 0 fully saturated rings. The average Bonchev–Trinajstić information content (AvgIpc) is 2.65. The van der Waals surface area contributed by atoms with Gasteiger partial charge in [-0.1, -0.05) is 13.8 Å². The van der Waals surface area contributed by atoms with Crippen LogP contribution < -0.4 is 10.6 Å². The van der Waals surface area contributed by atoms with Crippen molar-refractivity contribution in [3.8, 4) is 0 Å². The summed E-state index contributed by atoms with van der Waals surface area (Å²) in [5.41, 5.74) is 0.963. The van der Waals surface area contributed by atoms with Gasteiger partial charge in [-0.05, 0) is 12.5 Å². The van der Waals surface area contributed by atoms with Crippen molar-refractivity contribution in [1.82, 2.24) is 20.2 Å². The van der Waals surface area contributed by atoms with E-state index in [-0.39, 0.29) is 5.91 Å². The van der Waals surface area contributed by atoms with Gasteiger partial charge in [0.05, 0.1) is 12.0 Å². The van der Waals surface area contributed by atoms with Gasteiger partial charge in [0.15, 0.2) is 0 Å². The molecule has 0 saturated heterocycles. The molecule has 0 radical (unpaired) electrons. The molecule has 0 unspecified atom stereocenters. The molecule has 1 aromatic heterocycles. The highest BCUT2D eigenvalue weighted by atomic mass is 16.1. The number of likely N-dealkylation sites (N-methyl/N-ethyl adjacent to an activating group) is 1. The van der Waals surface area contributed by atoms with Gasteiger partial charge < -0.3 is 15.2 Å². The second kappa shape index (κ2) is 6.27.